The third-order valence-corrected chi connectivity index (χ3v) is 10.3. The molecule has 6 unspecified atom stereocenters. The van der Waals surface area contributed by atoms with E-state index in [9.17, 15) is 9.90 Å². The van der Waals surface area contributed by atoms with E-state index in [1.807, 2.05) is 24.3 Å². The first kappa shape index (κ1) is 32.0. The Hall–Kier alpha value is -1.47. The molecule has 0 radical (unpaired) electrons. The van der Waals surface area contributed by atoms with E-state index in [1.165, 1.54) is 0 Å². The molecular weight excluding hydrogens is 488 g/mol. The van der Waals surface area contributed by atoms with Crippen LogP contribution in [0.4, 0.5) is 5.69 Å². The monoisotopic (exact) mass is 544 g/mol. The van der Waals surface area contributed by atoms with Crippen LogP contribution in [0.15, 0.2) is 24.3 Å². The van der Waals surface area contributed by atoms with Crippen LogP contribution in [0.1, 0.15) is 101 Å². The molecule has 1 amide bonds. The molecule has 3 rings (SSSR count). The van der Waals surface area contributed by atoms with E-state index < -0.39 is 17.2 Å². The molecule has 0 aliphatic carbocycles. The van der Waals surface area contributed by atoms with Gasteiger partial charge in [0.25, 0.3) is 0 Å². The number of carbonyl (C=O) groups excluding carboxylic acids is 1. The first-order valence-electron chi connectivity index (χ1n) is 14.8. The van der Waals surface area contributed by atoms with E-state index in [-0.39, 0.29) is 34.2 Å². The Morgan fingerprint density at radius 3 is 2.10 bits per heavy atom. The van der Waals surface area contributed by atoms with Crippen molar-refractivity contribution in [2.75, 3.05) is 18.1 Å². The molecule has 6 heteroatoms. The zero-order valence-electron chi connectivity index (χ0n) is 26.6. The summed E-state index contributed by atoms with van der Waals surface area (Å²) in [4.78, 5) is 15.7. The summed E-state index contributed by atoms with van der Waals surface area (Å²) in [5.41, 5.74) is 7.90. The highest BCUT2D eigenvalue weighted by Gasteiger charge is 2.57. The minimum Gasteiger partial charge on any atom is -0.374 e. The molecular formula is C33H56N2O4. The van der Waals surface area contributed by atoms with Gasteiger partial charge >= 0.3 is 0 Å². The van der Waals surface area contributed by atoms with Crippen molar-refractivity contribution in [2.45, 2.75) is 120 Å². The lowest BCUT2D eigenvalue weighted by Gasteiger charge is -2.55. The number of rotatable bonds is 11. The van der Waals surface area contributed by atoms with Crippen molar-refractivity contribution in [3.05, 3.63) is 29.8 Å². The molecule has 6 nitrogen and oxygen atoms in total. The summed E-state index contributed by atoms with van der Waals surface area (Å²) in [6.45, 7) is 26.6. The first-order valence-corrected chi connectivity index (χ1v) is 14.8. The Labute approximate surface area is 238 Å². The molecule has 2 aliphatic rings. The van der Waals surface area contributed by atoms with E-state index in [2.05, 4.69) is 76.2 Å². The molecule has 2 aliphatic heterocycles. The average Bonchev–Trinajstić information content (AvgIpc) is 3.55. The second kappa shape index (κ2) is 11.1. The largest absolute Gasteiger partial charge is 0.374 e. The highest BCUT2D eigenvalue weighted by molar-refractivity contribution is 5.98. The zero-order valence-corrected chi connectivity index (χ0v) is 26.6. The van der Waals surface area contributed by atoms with Crippen LogP contribution in [0.2, 0.25) is 0 Å². The number of hydrogen-bond donors (Lipinski definition) is 2. The minimum absolute atomic E-state index is 0.0221. The standard InChI is InChI=1S/C33H56N2O4/c1-22(17-29(2,3)4)31(8,9)33(11,34)21-32(10,30(5,6)7)26-16-27(36)35(28(26)37)24-14-12-23(13-15-24)18-38-19-25-20-39-25/h12-15,22,25-27,36H,16-21,34H2,1-11H3. The van der Waals surface area contributed by atoms with Crippen molar-refractivity contribution in [1.29, 1.82) is 0 Å². The Bertz CT molecular complexity index is 984. The Balaban J connectivity index is 1.83. The highest BCUT2D eigenvalue weighted by atomic mass is 16.6. The normalized spacial score (nSPS) is 26.3. The predicted molar refractivity (Wildman–Crippen MR) is 159 cm³/mol. The third kappa shape index (κ3) is 7.06. The van der Waals surface area contributed by atoms with Gasteiger partial charge in [-0.05, 0) is 65.0 Å². The van der Waals surface area contributed by atoms with Crippen LogP contribution in [-0.4, -0.2) is 42.1 Å². The fraction of sp³-hybridized carbons (Fsp3) is 0.788. The number of hydrogen-bond acceptors (Lipinski definition) is 5. The third-order valence-electron chi connectivity index (χ3n) is 10.3. The quantitative estimate of drug-likeness (QED) is 0.309. The number of nitrogens with two attached hydrogens (primary N) is 1. The second-order valence-corrected chi connectivity index (χ2v) is 15.8. The fourth-order valence-electron chi connectivity index (χ4n) is 6.43. The van der Waals surface area contributed by atoms with Gasteiger partial charge in [-0.15, -0.1) is 0 Å². The van der Waals surface area contributed by atoms with Crippen LogP contribution >= 0.6 is 0 Å². The van der Waals surface area contributed by atoms with Gasteiger partial charge in [0.05, 0.1) is 19.8 Å². The minimum atomic E-state index is -0.866. The van der Waals surface area contributed by atoms with Gasteiger partial charge in [-0.2, -0.15) is 0 Å². The van der Waals surface area contributed by atoms with E-state index in [0.29, 0.717) is 32.0 Å². The van der Waals surface area contributed by atoms with Gasteiger partial charge < -0.3 is 20.3 Å². The summed E-state index contributed by atoms with van der Waals surface area (Å²) in [6.07, 6.45) is 1.52. The Morgan fingerprint density at radius 2 is 1.62 bits per heavy atom. The van der Waals surface area contributed by atoms with Crippen LogP contribution in [0.3, 0.4) is 0 Å². The van der Waals surface area contributed by atoms with E-state index >= 15 is 0 Å². The molecule has 39 heavy (non-hydrogen) atoms. The van der Waals surface area contributed by atoms with Crippen molar-refractivity contribution in [1.82, 2.24) is 0 Å². The lowest BCUT2D eigenvalue weighted by atomic mass is 9.51. The topological polar surface area (TPSA) is 88.3 Å². The van der Waals surface area contributed by atoms with Crippen molar-refractivity contribution in [3.63, 3.8) is 0 Å². The van der Waals surface area contributed by atoms with Crippen LogP contribution in [0, 0.1) is 33.5 Å². The lowest BCUT2D eigenvalue weighted by Crippen LogP contribution is -2.59. The number of carbonyl (C=O) groups is 1. The fourth-order valence-corrected chi connectivity index (χ4v) is 6.43. The molecule has 222 valence electrons. The smallest absolute Gasteiger partial charge is 0.232 e. The highest BCUT2D eigenvalue weighted by Crippen LogP contribution is 2.57. The number of ether oxygens (including phenoxy) is 2. The van der Waals surface area contributed by atoms with Gasteiger partial charge in [-0.1, -0.05) is 81.4 Å². The number of aliphatic hydroxyl groups excluding tert-OH is 1. The van der Waals surface area contributed by atoms with Crippen LogP contribution in [0.5, 0.6) is 0 Å². The molecule has 0 aromatic heterocycles. The number of nitrogens with zero attached hydrogens (tertiary/aromatic N) is 1. The zero-order chi connectivity index (χ0) is 29.6. The Morgan fingerprint density at radius 1 is 1.05 bits per heavy atom. The number of amides is 1. The van der Waals surface area contributed by atoms with E-state index in [4.69, 9.17) is 15.2 Å². The summed E-state index contributed by atoms with van der Waals surface area (Å²) in [5.74, 6) is 0.0363. The molecule has 0 spiro atoms. The first-order chi connectivity index (χ1) is 17.7. The van der Waals surface area contributed by atoms with Crippen molar-refractivity contribution >= 4 is 11.6 Å². The van der Waals surface area contributed by atoms with Gasteiger partial charge in [-0.3, -0.25) is 9.69 Å². The van der Waals surface area contributed by atoms with Crippen molar-refractivity contribution in [3.8, 4) is 0 Å². The number of anilines is 1. The van der Waals surface area contributed by atoms with Gasteiger partial charge in [0.2, 0.25) is 5.91 Å². The molecule has 1 aromatic rings. The number of aliphatic hydroxyl groups is 1. The Kier molecular flexibility index (Phi) is 9.10. The van der Waals surface area contributed by atoms with Crippen LogP contribution < -0.4 is 10.6 Å². The molecule has 2 heterocycles. The molecule has 0 bridgehead atoms. The number of benzene rings is 1. The molecule has 2 fully saturated rings. The molecule has 6 atom stereocenters. The summed E-state index contributed by atoms with van der Waals surface area (Å²) in [5, 5.41) is 11.2. The summed E-state index contributed by atoms with van der Waals surface area (Å²) in [6, 6.07) is 7.76. The lowest BCUT2D eigenvalue weighted by molar-refractivity contribution is -0.129. The molecule has 0 saturated carbocycles. The maximum Gasteiger partial charge on any atom is 0.232 e. The summed E-state index contributed by atoms with van der Waals surface area (Å²) < 4.78 is 10.9. The molecule has 2 saturated heterocycles. The van der Waals surface area contributed by atoms with Crippen LogP contribution in [-0.2, 0) is 20.9 Å². The summed E-state index contributed by atoms with van der Waals surface area (Å²) in [7, 11) is 0. The van der Waals surface area contributed by atoms with Gasteiger partial charge in [0.1, 0.15) is 12.3 Å². The maximum atomic E-state index is 14.1. The second-order valence-electron chi connectivity index (χ2n) is 15.8. The number of epoxide rings is 1. The van der Waals surface area contributed by atoms with E-state index in [1.54, 1.807) is 4.90 Å². The van der Waals surface area contributed by atoms with Gasteiger partial charge in [0, 0.05) is 23.6 Å². The average molecular weight is 545 g/mol. The SMILES string of the molecule is CC(CC(C)(C)C)C(C)(C)C(C)(N)CC(C)(C1CC(O)N(c2ccc(COCC3CO3)cc2)C1=O)C(C)(C)C. The molecule has 3 N–H and O–H groups in total. The molecule has 1 aromatic carbocycles. The maximum absolute atomic E-state index is 14.1. The van der Waals surface area contributed by atoms with Crippen molar-refractivity contribution < 1.29 is 19.4 Å². The van der Waals surface area contributed by atoms with Gasteiger partial charge in [0.15, 0.2) is 0 Å². The van der Waals surface area contributed by atoms with Crippen LogP contribution in [0.25, 0.3) is 0 Å². The van der Waals surface area contributed by atoms with Crippen molar-refractivity contribution in [2.24, 2.45) is 39.2 Å². The predicted octanol–water partition coefficient (Wildman–Crippen LogP) is 6.53. The van der Waals surface area contributed by atoms with Gasteiger partial charge in [-0.25, -0.2) is 0 Å². The summed E-state index contributed by atoms with van der Waals surface area (Å²) >= 11 is 0. The van der Waals surface area contributed by atoms with E-state index in [0.717, 1.165) is 24.3 Å².